The number of benzene rings is 1. The van der Waals surface area contributed by atoms with Gasteiger partial charge in [0.25, 0.3) is 5.91 Å². The van der Waals surface area contributed by atoms with E-state index in [1.54, 1.807) is 13.0 Å². The van der Waals surface area contributed by atoms with Crippen LogP contribution in [0.2, 0.25) is 0 Å². The highest BCUT2D eigenvalue weighted by atomic mass is 16.4. The van der Waals surface area contributed by atoms with Gasteiger partial charge in [-0.1, -0.05) is 19.4 Å². The third kappa shape index (κ3) is 3.47. The highest BCUT2D eigenvalue weighted by molar-refractivity contribution is 5.99. The summed E-state index contributed by atoms with van der Waals surface area (Å²) in [6.07, 6.45) is 0.948. The summed E-state index contributed by atoms with van der Waals surface area (Å²) in [6.45, 7) is 5.10. The van der Waals surface area contributed by atoms with E-state index in [0.717, 1.165) is 5.56 Å². The summed E-state index contributed by atoms with van der Waals surface area (Å²) in [5, 5.41) is 21.4. The molecule has 0 spiro atoms. The zero-order valence-electron chi connectivity index (χ0n) is 11.4. The first-order valence-electron chi connectivity index (χ1n) is 6.15. The molecule has 0 heterocycles. The second-order valence-electron chi connectivity index (χ2n) is 4.86. The third-order valence-electron chi connectivity index (χ3n) is 3.01. The van der Waals surface area contributed by atoms with E-state index in [-0.39, 0.29) is 11.3 Å². The first-order chi connectivity index (χ1) is 8.80. The van der Waals surface area contributed by atoms with Gasteiger partial charge in [-0.05, 0) is 38.0 Å². The Morgan fingerprint density at radius 2 is 2.00 bits per heavy atom. The van der Waals surface area contributed by atoms with Crippen LogP contribution in [0.4, 0.5) is 0 Å². The topological polar surface area (TPSA) is 86.6 Å². The maximum Gasteiger partial charge on any atom is 0.329 e. The largest absolute Gasteiger partial charge is 0.507 e. The van der Waals surface area contributed by atoms with Gasteiger partial charge in [0.2, 0.25) is 0 Å². The Morgan fingerprint density at radius 1 is 1.37 bits per heavy atom. The fourth-order valence-electron chi connectivity index (χ4n) is 1.87. The predicted molar refractivity (Wildman–Crippen MR) is 71.3 cm³/mol. The minimum atomic E-state index is -1.33. The Balaban J connectivity index is 2.97. The number of hydrogen-bond acceptors (Lipinski definition) is 3. The number of aliphatic carboxylic acids is 1. The lowest BCUT2D eigenvalue weighted by atomic mass is 9.95. The van der Waals surface area contributed by atoms with Crippen LogP contribution in [-0.4, -0.2) is 27.6 Å². The Hall–Kier alpha value is -2.04. The van der Waals surface area contributed by atoms with Crippen molar-refractivity contribution in [3.05, 3.63) is 29.3 Å². The number of rotatable bonds is 5. The lowest BCUT2D eigenvalue weighted by molar-refractivity contribution is -0.144. The van der Waals surface area contributed by atoms with Crippen LogP contribution in [0.3, 0.4) is 0 Å². The summed E-state index contributed by atoms with van der Waals surface area (Å²) >= 11 is 0. The average molecular weight is 265 g/mol. The molecule has 3 N–H and O–H groups in total. The van der Waals surface area contributed by atoms with Gasteiger partial charge in [0.1, 0.15) is 11.3 Å². The van der Waals surface area contributed by atoms with E-state index < -0.39 is 17.4 Å². The third-order valence-corrected chi connectivity index (χ3v) is 3.01. The molecule has 1 aromatic carbocycles. The second-order valence-corrected chi connectivity index (χ2v) is 4.86. The number of carboxylic acids is 1. The SMILES string of the molecule is CCCC(C)(NC(=O)c1ccc(C)cc1O)C(=O)O. The van der Waals surface area contributed by atoms with Gasteiger partial charge in [-0.15, -0.1) is 0 Å². The van der Waals surface area contributed by atoms with Crippen LogP contribution in [0.1, 0.15) is 42.6 Å². The molecule has 19 heavy (non-hydrogen) atoms. The standard InChI is InChI=1S/C14H19NO4/c1-4-7-14(3,13(18)19)15-12(17)10-6-5-9(2)8-11(10)16/h5-6,8,16H,4,7H2,1-3H3,(H,15,17)(H,18,19). The molecule has 1 unspecified atom stereocenters. The highest BCUT2D eigenvalue weighted by Crippen LogP contribution is 2.20. The molecule has 0 fully saturated rings. The minimum absolute atomic E-state index is 0.0779. The van der Waals surface area contributed by atoms with Crippen LogP contribution < -0.4 is 5.32 Å². The molecule has 0 aromatic heterocycles. The monoisotopic (exact) mass is 265 g/mol. The van der Waals surface area contributed by atoms with Crippen molar-refractivity contribution >= 4 is 11.9 Å². The Labute approximate surface area is 112 Å². The van der Waals surface area contributed by atoms with Gasteiger partial charge in [-0.2, -0.15) is 0 Å². The Morgan fingerprint density at radius 3 is 2.47 bits per heavy atom. The quantitative estimate of drug-likeness (QED) is 0.760. The molecule has 5 heteroatoms. The van der Waals surface area contributed by atoms with E-state index in [9.17, 15) is 19.8 Å². The van der Waals surface area contributed by atoms with Crippen LogP contribution in [0, 0.1) is 6.92 Å². The second kappa shape index (κ2) is 5.73. The molecule has 1 aromatic rings. The summed E-state index contributed by atoms with van der Waals surface area (Å²) in [6, 6.07) is 4.63. The van der Waals surface area contributed by atoms with Crippen LogP contribution >= 0.6 is 0 Å². The van der Waals surface area contributed by atoms with Crippen molar-refractivity contribution in [1.29, 1.82) is 0 Å². The number of carboxylic acid groups (broad SMARTS) is 1. The van der Waals surface area contributed by atoms with Crippen molar-refractivity contribution in [3.63, 3.8) is 0 Å². The molecule has 104 valence electrons. The molecule has 0 bridgehead atoms. The van der Waals surface area contributed by atoms with E-state index in [2.05, 4.69) is 5.32 Å². The lowest BCUT2D eigenvalue weighted by Gasteiger charge is -2.25. The summed E-state index contributed by atoms with van der Waals surface area (Å²) in [5.74, 6) is -1.83. The molecule has 0 saturated heterocycles. The van der Waals surface area contributed by atoms with Crippen LogP contribution in [0.25, 0.3) is 0 Å². The molecule has 1 rings (SSSR count). The predicted octanol–water partition coefficient (Wildman–Crippen LogP) is 2.07. The summed E-state index contributed by atoms with van der Waals surface area (Å²) < 4.78 is 0. The van der Waals surface area contributed by atoms with Crippen LogP contribution in [0.5, 0.6) is 5.75 Å². The molecular weight excluding hydrogens is 246 g/mol. The number of hydrogen-bond donors (Lipinski definition) is 3. The fraction of sp³-hybridized carbons (Fsp3) is 0.429. The van der Waals surface area contributed by atoms with Gasteiger partial charge in [0.05, 0.1) is 5.56 Å². The Bertz CT molecular complexity index is 498. The average Bonchev–Trinajstić information content (AvgIpc) is 2.28. The van der Waals surface area contributed by atoms with Gasteiger partial charge in [-0.25, -0.2) is 4.79 Å². The van der Waals surface area contributed by atoms with Crippen molar-refractivity contribution in [2.24, 2.45) is 0 Å². The van der Waals surface area contributed by atoms with Gasteiger partial charge in [0.15, 0.2) is 0 Å². The van der Waals surface area contributed by atoms with E-state index in [1.165, 1.54) is 19.1 Å². The van der Waals surface area contributed by atoms with Crippen molar-refractivity contribution in [2.45, 2.75) is 39.2 Å². The number of phenols is 1. The highest BCUT2D eigenvalue weighted by Gasteiger charge is 2.34. The smallest absolute Gasteiger partial charge is 0.329 e. The van der Waals surface area contributed by atoms with Crippen molar-refractivity contribution < 1.29 is 19.8 Å². The van der Waals surface area contributed by atoms with E-state index in [0.29, 0.717) is 12.8 Å². The molecule has 0 aliphatic heterocycles. The number of aromatic hydroxyl groups is 1. The van der Waals surface area contributed by atoms with E-state index in [1.807, 2.05) is 6.92 Å². The van der Waals surface area contributed by atoms with Crippen LogP contribution in [-0.2, 0) is 4.79 Å². The molecule has 0 aliphatic carbocycles. The fourth-order valence-corrected chi connectivity index (χ4v) is 1.87. The zero-order valence-corrected chi connectivity index (χ0v) is 11.4. The van der Waals surface area contributed by atoms with Gasteiger partial charge < -0.3 is 15.5 Å². The Kier molecular flexibility index (Phi) is 4.53. The zero-order chi connectivity index (χ0) is 14.6. The molecule has 0 saturated carbocycles. The number of carbonyl (C=O) groups excluding carboxylic acids is 1. The summed E-state index contributed by atoms with van der Waals surface area (Å²) in [5.41, 5.74) is -0.429. The van der Waals surface area contributed by atoms with Crippen molar-refractivity contribution in [3.8, 4) is 5.75 Å². The number of aryl methyl sites for hydroxylation is 1. The minimum Gasteiger partial charge on any atom is -0.507 e. The molecule has 5 nitrogen and oxygen atoms in total. The first kappa shape index (κ1) is 15.0. The van der Waals surface area contributed by atoms with E-state index in [4.69, 9.17) is 0 Å². The maximum absolute atomic E-state index is 12.0. The number of phenolic OH excluding ortho intramolecular Hbond substituents is 1. The van der Waals surface area contributed by atoms with Gasteiger partial charge in [0, 0.05) is 0 Å². The first-order valence-corrected chi connectivity index (χ1v) is 6.15. The normalized spacial score (nSPS) is 13.6. The molecular formula is C14H19NO4. The van der Waals surface area contributed by atoms with Crippen LogP contribution in [0.15, 0.2) is 18.2 Å². The molecule has 0 radical (unpaired) electrons. The summed E-state index contributed by atoms with van der Waals surface area (Å²) in [4.78, 5) is 23.3. The van der Waals surface area contributed by atoms with Crippen molar-refractivity contribution in [2.75, 3.05) is 0 Å². The number of carbonyl (C=O) groups is 2. The van der Waals surface area contributed by atoms with E-state index >= 15 is 0 Å². The van der Waals surface area contributed by atoms with Gasteiger partial charge in [-0.3, -0.25) is 4.79 Å². The molecule has 1 amide bonds. The summed E-state index contributed by atoms with van der Waals surface area (Å²) in [7, 11) is 0. The molecule has 1 atom stereocenters. The lowest BCUT2D eigenvalue weighted by Crippen LogP contribution is -2.52. The number of nitrogens with one attached hydrogen (secondary N) is 1. The van der Waals surface area contributed by atoms with Crippen molar-refractivity contribution in [1.82, 2.24) is 5.32 Å². The maximum atomic E-state index is 12.0. The number of amides is 1. The molecule has 0 aliphatic rings. The van der Waals surface area contributed by atoms with Gasteiger partial charge >= 0.3 is 5.97 Å².